The number of halogens is 2. The fraction of sp³-hybridized carbons (Fsp3) is 0.143. The van der Waals surface area contributed by atoms with Crippen molar-refractivity contribution in [2.75, 3.05) is 5.32 Å². The number of anilines is 2. The number of hydrogen-bond acceptors (Lipinski definition) is 3. The van der Waals surface area contributed by atoms with E-state index in [1.54, 1.807) is 6.07 Å². The zero-order valence-corrected chi connectivity index (χ0v) is 16.5. The first-order valence-electron chi connectivity index (χ1n) is 8.68. The molecular weight excluding hydrogens is 379 g/mol. The van der Waals surface area contributed by atoms with Crippen LogP contribution in [0.1, 0.15) is 25.5 Å². The highest BCUT2D eigenvalue weighted by Gasteiger charge is 2.15. The lowest BCUT2D eigenvalue weighted by Gasteiger charge is -2.13. The molecule has 6 heteroatoms. The van der Waals surface area contributed by atoms with Crippen molar-refractivity contribution in [1.29, 1.82) is 0 Å². The minimum Gasteiger partial charge on any atom is -0.340 e. The highest BCUT2D eigenvalue weighted by atomic mass is 35.5. The highest BCUT2D eigenvalue weighted by Crippen LogP contribution is 2.30. The molecule has 0 aliphatic carbocycles. The summed E-state index contributed by atoms with van der Waals surface area (Å²) in [5.74, 6) is 1.08. The van der Waals surface area contributed by atoms with Crippen LogP contribution in [0.25, 0.3) is 16.8 Å². The summed E-state index contributed by atoms with van der Waals surface area (Å²) in [6.45, 7) is 4.24. The molecule has 27 heavy (non-hydrogen) atoms. The quantitative estimate of drug-likeness (QED) is 0.424. The Morgan fingerprint density at radius 1 is 0.963 bits per heavy atom. The second-order valence-corrected chi connectivity index (χ2v) is 7.54. The third-order valence-electron chi connectivity index (χ3n) is 4.30. The summed E-state index contributed by atoms with van der Waals surface area (Å²) in [6.07, 6.45) is 1.85. The van der Waals surface area contributed by atoms with Crippen LogP contribution in [0.15, 0.2) is 60.8 Å². The summed E-state index contributed by atoms with van der Waals surface area (Å²) in [5, 5.41) is 9.09. The molecule has 0 fully saturated rings. The SMILES string of the molecule is CC(C)c1cc(Nc2cc(Cl)cc(Cl)c2)n2ncc(-c3ccccc3)c2n1. The maximum atomic E-state index is 6.14. The van der Waals surface area contributed by atoms with Crippen molar-refractivity contribution in [3.8, 4) is 11.1 Å². The zero-order valence-electron chi connectivity index (χ0n) is 14.9. The van der Waals surface area contributed by atoms with Crippen molar-refractivity contribution >= 4 is 40.4 Å². The van der Waals surface area contributed by atoms with Crippen molar-refractivity contribution < 1.29 is 0 Å². The fourth-order valence-corrected chi connectivity index (χ4v) is 3.49. The number of nitrogens with zero attached hydrogens (tertiary/aromatic N) is 3. The Hall–Kier alpha value is -2.56. The minimum absolute atomic E-state index is 0.275. The molecule has 0 atom stereocenters. The molecule has 0 bridgehead atoms. The number of rotatable bonds is 4. The molecule has 0 aliphatic rings. The second-order valence-electron chi connectivity index (χ2n) is 6.66. The standard InChI is InChI=1S/C21H18Cl2N4/c1-13(2)19-11-20(25-17-9-15(22)8-16(23)10-17)27-21(26-19)18(12-24-27)14-6-4-3-5-7-14/h3-13,25H,1-2H3. The molecule has 2 aromatic heterocycles. The van der Waals surface area contributed by atoms with E-state index < -0.39 is 0 Å². The van der Waals surface area contributed by atoms with Gasteiger partial charge in [-0.05, 0) is 29.7 Å². The van der Waals surface area contributed by atoms with Gasteiger partial charge in [-0.3, -0.25) is 0 Å². The van der Waals surface area contributed by atoms with Gasteiger partial charge < -0.3 is 5.32 Å². The Morgan fingerprint density at radius 2 is 1.67 bits per heavy atom. The van der Waals surface area contributed by atoms with Gasteiger partial charge in [0.15, 0.2) is 5.65 Å². The number of benzene rings is 2. The predicted molar refractivity (Wildman–Crippen MR) is 112 cm³/mol. The van der Waals surface area contributed by atoms with Gasteiger partial charge in [-0.25, -0.2) is 4.98 Å². The number of fused-ring (bicyclic) bond motifs is 1. The summed E-state index contributed by atoms with van der Waals surface area (Å²) in [5.41, 5.74) is 4.66. The van der Waals surface area contributed by atoms with Gasteiger partial charge in [-0.2, -0.15) is 9.61 Å². The Labute approximate surface area is 167 Å². The summed E-state index contributed by atoms with van der Waals surface area (Å²) in [6, 6.07) is 17.5. The molecule has 0 radical (unpaired) electrons. The number of aromatic nitrogens is 3. The van der Waals surface area contributed by atoms with E-state index in [9.17, 15) is 0 Å². The van der Waals surface area contributed by atoms with Crippen molar-refractivity contribution in [2.24, 2.45) is 0 Å². The monoisotopic (exact) mass is 396 g/mol. The van der Waals surface area contributed by atoms with Crippen LogP contribution in [0.4, 0.5) is 11.5 Å². The van der Waals surface area contributed by atoms with E-state index in [1.165, 1.54) is 0 Å². The second kappa shape index (κ2) is 7.22. The van der Waals surface area contributed by atoms with E-state index in [0.717, 1.165) is 34.0 Å². The third kappa shape index (κ3) is 3.64. The van der Waals surface area contributed by atoms with Crippen molar-refractivity contribution in [3.63, 3.8) is 0 Å². The van der Waals surface area contributed by atoms with Gasteiger partial charge in [0.1, 0.15) is 5.82 Å². The Balaban J connectivity index is 1.88. The van der Waals surface area contributed by atoms with Crippen LogP contribution in [0.5, 0.6) is 0 Å². The molecule has 0 saturated carbocycles. The molecule has 4 aromatic rings. The molecule has 4 rings (SSSR count). The van der Waals surface area contributed by atoms with Gasteiger partial charge in [0, 0.05) is 33.1 Å². The molecular formula is C21H18Cl2N4. The first-order chi connectivity index (χ1) is 13.0. The van der Waals surface area contributed by atoms with Gasteiger partial charge >= 0.3 is 0 Å². The van der Waals surface area contributed by atoms with Crippen LogP contribution in [-0.4, -0.2) is 14.6 Å². The normalized spacial score (nSPS) is 11.3. The molecule has 0 saturated heterocycles. The summed E-state index contributed by atoms with van der Waals surface area (Å²) < 4.78 is 1.81. The first-order valence-corrected chi connectivity index (χ1v) is 9.44. The van der Waals surface area contributed by atoms with E-state index in [2.05, 4.69) is 36.4 Å². The number of hydrogen-bond donors (Lipinski definition) is 1. The largest absolute Gasteiger partial charge is 0.340 e. The van der Waals surface area contributed by atoms with Crippen LogP contribution in [-0.2, 0) is 0 Å². The molecule has 0 spiro atoms. The third-order valence-corrected chi connectivity index (χ3v) is 4.74. The summed E-state index contributed by atoms with van der Waals surface area (Å²) in [4.78, 5) is 4.86. The van der Waals surface area contributed by atoms with E-state index in [-0.39, 0.29) is 5.92 Å². The van der Waals surface area contributed by atoms with Gasteiger partial charge in [0.2, 0.25) is 0 Å². The van der Waals surface area contributed by atoms with Gasteiger partial charge in [-0.1, -0.05) is 67.4 Å². The number of nitrogens with one attached hydrogen (secondary N) is 1. The molecule has 136 valence electrons. The van der Waals surface area contributed by atoms with E-state index in [1.807, 2.05) is 47.1 Å². The van der Waals surface area contributed by atoms with Gasteiger partial charge in [0.05, 0.1) is 6.20 Å². The molecule has 1 N–H and O–H groups in total. The van der Waals surface area contributed by atoms with Crippen LogP contribution in [0.3, 0.4) is 0 Å². The zero-order chi connectivity index (χ0) is 19.0. The highest BCUT2D eigenvalue weighted by molar-refractivity contribution is 6.35. The van der Waals surface area contributed by atoms with Crippen LogP contribution in [0, 0.1) is 0 Å². The Kier molecular flexibility index (Phi) is 4.77. The van der Waals surface area contributed by atoms with Gasteiger partial charge in [-0.15, -0.1) is 0 Å². The average Bonchev–Trinajstić information content (AvgIpc) is 3.06. The first kappa shape index (κ1) is 17.8. The molecule has 0 aliphatic heterocycles. The van der Waals surface area contributed by atoms with Crippen molar-refractivity contribution in [2.45, 2.75) is 19.8 Å². The molecule has 0 amide bonds. The smallest absolute Gasteiger partial charge is 0.165 e. The van der Waals surface area contributed by atoms with Crippen molar-refractivity contribution in [3.05, 3.63) is 76.5 Å². The Morgan fingerprint density at radius 3 is 2.33 bits per heavy atom. The van der Waals surface area contributed by atoms with Crippen LogP contribution < -0.4 is 5.32 Å². The molecule has 4 nitrogen and oxygen atoms in total. The Bertz CT molecular complexity index is 1080. The molecule has 2 aromatic carbocycles. The van der Waals surface area contributed by atoms with E-state index >= 15 is 0 Å². The van der Waals surface area contributed by atoms with E-state index in [4.69, 9.17) is 28.2 Å². The van der Waals surface area contributed by atoms with Crippen LogP contribution >= 0.6 is 23.2 Å². The van der Waals surface area contributed by atoms with E-state index in [0.29, 0.717) is 10.0 Å². The summed E-state index contributed by atoms with van der Waals surface area (Å²) >= 11 is 12.3. The molecule has 2 heterocycles. The fourth-order valence-electron chi connectivity index (χ4n) is 2.96. The molecule has 0 unspecified atom stereocenters. The minimum atomic E-state index is 0.275. The maximum Gasteiger partial charge on any atom is 0.165 e. The topological polar surface area (TPSA) is 42.2 Å². The lowest BCUT2D eigenvalue weighted by atomic mass is 10.1. The summed E-state index contributed by atoms with van der Waals surface area (Å²) in [7, 11) is 0. The average molecular weight is 397 g/mol. The van der Waals surface area contributed by atoms with Crippen molar-refractivity contribution in [1.82, 2.24) is 14.6 Å². The van der Waals surface area contributed by atoms with Gasteiger partial charge in [0.25, 0.3) is 0 Å². The lowest BCUT2D eigenvalue weighted by molar-refractivity contribution is 0.811. The lowest BCUT2D eigenvalue weighted by Crippen LogP contribution is -2.05. The maximum absolute atomic E-state index is 6.14. The van der Waals surface area contributed by atoms with Crippen LogP contribution in [0.2, 0.25) is 10.0 Å². The predicted octanol–water partition coefficient (Wildman–Crippen LogP) is 6.57.